The normalized spacial score (nSPS) is 43.9. The molecule has 7 aliphatic rings. The van der Waals surface area contributed by atoms with Crippen LogP contribution in [-0.4, -0.2) is 79.1 Å². The maximum Gasteiger partial charge on any atom is 0.306 e. The number of allylic oxidation sites excluding steroid dienone is 4. The lowest BCUT2D eigenvalue weighted by molar-refractivity contribution is -0.166. The van der Waals surface area contributed by atoms with Crippen molar-refractivity contribution >= 4 is 21.9 Å². The van der Waals surface area contributed by atoms with Crippen LogP contribution >= 0.6 is 0 Å². The number of carboxylic acid groups (broad SMARTS) is 1. The summed E-state index contributed by atoms with van der Waals surface area (Å²) in [7, 11) is -3.21. The van der Waals surface area contributed by atoms with E-state index in [1.54, 1.807) is 0 Å². The fraction of sp³-hybridized carbons (Fsp3) is 0.842. The van der Waals surface area contributed by atoms with Crippen molar-refractivity contribution < 1.29 is 23.1 Å². The zero-order valence-corrected chi connectivity index (χ0v) is 30.1. The smallest absolute Gasteiger partial charge is 0.306 e. The van der Waals surface area contributed by atoms with E-state index in [-0.39, 0.29) is 17.4 Å². The second kappa shape index (κ2) is 12.3. The van der Waals surface area contributed by atoms with Gasteiger partial charge >= 0.3 is 5.97 Å². The minimum Gasteiger partial charge on any atom is -0.481 e. The first-order chi connectivity index (χ1) is 22.3. The number of nitrogens with zero attached hydrogens (tertiary/aromatic N) is 2. The third-order valence-electron chi connectivity index (χ3n) is 15.5. The SMILES string of the molecule is CC1C(C2=CCC(C(=O)O)CC2)=CCC2(C)C1CCC1(C)C3CCC4(NCC(=O)N5CCN(S(C)(=O)=O)CC5)CCCC4C3CCC21. The Bertz CT molecular complexity index is 1430. The number of hydrogen-bond acceptors (Lipinski definition) is 5. The van der Waals surface area contributed by atoms with Crippen LogP contribution < -0.4 is 5.32 Å². The molecular weight excluding hydrogens is 611 g/mol. The van der Waals surface area contributed by atoms with Crippen LogP contribution in [0.15, 0.2) is 23.3 Å². The zero-order valence-electron chi connectivity index (χ0n) is 29.3. The lowest BCUT2D eigenvalue weighted by Gasteiger charge is -2.67. The van der Waals surface area contributed by atoms with Gasteiger partial charge in [-0.15, -0.1) is 0 Å². The van der Waals surface area contributed by atoms with Crippen LogP contribution in [0.4, 0.5) is 0 Å². The molecule has 47 heavy (non-hydrogen) atoms. The first-order valence-electron chi connectivity index (χ1n) is 18.9. The number of aliphatic carboxylic acids is 1. The topological polar surface area (TPSA) is 107 Å². The summed E-state index contributed by atoms with van der Waals surface area (Å²) in [5.74, 6) is 3.34. The fourth-order valence-electron chi connectivity index (χ4n) is 13.1. The molecule has 9 heteroatoms. The first kappa shape index (κ1) is 33.8. The number of hydrogen-bond donors (Lipinski definition) is 2. The van der Waals surface area contributed by atoms with Gasteiger partial charge in [0, 0.05) is 31.7 Å². The van der Waals surface area contributed by atoms with Gasteiger partial charge in [-0.05, 0) is 135 Å². The minimum absolute atomic E-state index is 0.0695. The van der Waals surface area contributed by atoms with Crippen LogP contribution in [0.5, 0.6) is 0 Å². The Morgan fingerprint density at radius 3 is 2.34 bits per heavy atom. The maximum atomic E-state index is 13.3. The van der Waals surface area contributed by atoms with Gasteiger partial charge in [0.2, 0.25) is 15.9 Å². The Labute approximate surface area is 283 Å². The number of carboxylic acids is 1. The van der Waals surface area contributed by atoms with E-state index in [1.807, 2.05) is 4.90 Å². The van der Waals surface area contributed by atoms with Crippen molar-refractivity contribution in [3.05, 3.63) is 23.3 Å². The van der Waals surface area contributed by atoms with E-state index in [2.05, 4.69) is 38.2 Å². The molecule has 1 amide bonds. The van der Waals surface area contributed by atoms with Crippen LogP contribution in [0.3, 0.4) is 0 Å². The first-order valence-corrected chi connectivity index (χ1v) is 20.7. The van der Waals surface area contributed by atoms with Crippen molar-refractivity contribution in [1.29, 1.82) is 0 Å². The summed E-state index contributed by atoms with van der Waals surface area (Å²) < 4.78 is 25.4. The highest BCUT2D eigenvalue weighted by Gasteiger charge is 2.64. The summed E-state index contributed by atoms with van der Waals surface area (Å²) in [6, 6.07) is 0. The molecule has 1 heterocycles. The molecule has 0 aromatic rings. The number of sulfonamides is 1. The van der Waals surface area contributed by atoms with Crippen LogP contribution in [0.25, 0.3) is 0 Å². The highest BCUT2D eigenvalue weighted by atomic mass is 32.2. The highest BCUT2D eigenvalue weighted by Crippen LogP contribution is 2.70. The molecule has 6 aliphatic carbocycles. The summed E-state index contributed by atoms with van der Waals surface area (Å²) in [6.45, 7) is 9.88. The van der Waals surface area contributed by atoms with Gasteiger partial charge in [-0.25, -0.2) is 8.42 Å². The van der Waals surface area contributed by atoms with E-state index in [9.17, 15) is 23.1 Å². The number of carbonyl (C=O) groups is 2. The molecule has 7 rings (SSSR count). The summed E-state index contributed by atoms with van der Waals surface area (Å²) in [4.78, 5) is 26.7. The highest BCUT2D eigenvalue weighted by molar-refractivity contribution is 7.88. The van der Waals surface area contributed by atoms with Crippen molar-refractivity contribution in [2.75, 3.05) is 39.0 Å². The van der Waals surface area contributed by atoms with Crippen LogP contribution in [0.2, 0.25) is 0 Å². The zero-order chi connectivity index (χ0) is 33.4. The van der Waals surface area contributed by atoms with Gasteiger partial charge in [-0.3, -0.25) is 9.59 Å². The van der Waals surface area contributed by atoms with Crippen molar-refractivity contribution in [2.45, 2.75) is 110 Å². The van der Waals surface area contributed by atoms with Crippen molar-refractivity contribution in [1.82, 2.24) is 14.5 Å². The van der Waals surface area contributed by atoms with Gasteiger partial charge in [-0.2, -0.15) is 4.31 Å². The Morgan fingerprint density at radius 1 is 0.915 bits per heavy atom. The Morgan fingerprint density at radius 2 is 1.66 bits per heavy atom. The van der Waals surface area contributed by atoms with Crippen LogP contribution in [0.1, 0.15) is 104 Å². The third kappa shape index (κ3) is 5.66. The lowest BCUT2D eigenvalue weighted by Crippen LogP contribution is -2.63. The summed E-state index contributed by atoms with van der Waals surface area (Å²) in [6.07, 6.45) is 21.0. The predicted octanol–water partition coefficient (Wildman–Crippen LogP) is 5.85. The average molecular weight is 670 g/mol. The molecule has 1 aliphatic heterocycles. The third-order valence-corrected chi connectivity index (χ3v) is 16.8. The standard InChI is InChI=1S/C38H59N3O5S/c1-25-28(26-7-9-27(10-8-26)35(43)44)13-17-36(2)30(25)14-18-37(3)31-15-19-38(16-5-6-32(38)29(31)11-12-33(36)37)39-24-34(42)40-20-22-41(23-21-40)47(4,45)46/h7,13,25,27,29-33,39H,5-6,8-12,14-24H2,1-4H3,(H,43,44). The molecule has 0 radical (unpaired) electrons. The van der Waals surface area contributed by atoms with Crippen LogP contribution in [0, 0.1) is 52.3 Å². The Kier molecular flexibility index (Phi) is 8.81. The van der Waals surface area contributed by atoms with E-state index in [0.717, 1.165) is 37.0 Å². The van der Waals surface area contributed by atoms with E-state index >= 15 is 0 Å². The monoisotopic (exact) mass is 669 g/mol. The molecule has 0 spiro atoms. The molecule has 0 aromatic carbocycles. The Balaban J connectivity index is 1.03. The molecule has 5 fully saturated rings. The predicted molar refractivity (Wildman–Crippen MR) is 184 cm³/mol. The number of fused-ring (bicyclic) bond motifs is 7. The Hall–Kier alpha value is -1.71. The number of rotatable bonds is 6. The molecule has 1 saturated heterocycles. The molecule has 262 valence electrons. The quantitative estimate of drug-likeness (QED) is 0.367. The summed E-state index contributed by atoms with van der Waals surface area (Å²) in [5, 5.41) is 13.4. The van der Waals surface area contributed by atoms with Gasteiger partial charge in [-0.1, -0.05) is 39.3 Å². The fourth-order valence-corrected chi connectivity index (χ4v) is 14.0. The largest absolute Gasteiger partial charge is 0.481 e. The van der Waals surface area contributed by atoms with Gasteiger partial charge < -0.3 is 15.3 Å². The molecular formula is C38H59N3O5S. The number of nitrogens with one attached hydrogen (secondary N) is 1. The molecule has 0 aromatic heterocycles. The van der Waals surface area contributed by atoms with E-state index in [4.69, 9.17) is 0 Å². The maximum absolute atomic E-state index is 13.3. The van der Waals surface area contributed by atoms with E-state index < -0.39 is 16.0 Å². The van der Waals surface area contributed by atoms with Crippen molar-refractivity contribution in [2.24, 2.45) is 52.3 Å². The second-order valence-electron chi connectivity index (χ2n) is 17.3. The van der Waals surface area contributed by atoms with Gasteiger partial charge in [0.25, 0.3) is 0 Å². The lowest BCUT2D eigenvalue weighted by atomic mass is 9.38. The summed E-state index contributed by atoms with van der Waals surface area (Å²) in [5.41, 5.74) is 3.71. The van der Waals surface area contributed by atoms with Gasteiger partial charge in [0.1, 0.15) is 0 Å². The van der Waals surface area contributed by atoms with E-state index in [0.29, 0.717) is 67.7 Å². The molecule has 4 saturated carbocycles. The van der Waals surface area contributed by atoms with Crippen LogP contribution in [-0.2, 0) is 19.6 Å². The molecule has 10 atom stereocenters. The number of piperazine rings is 1. The van der Waals surface area contributed by atoms with Crippen molar-refractivity contribution in [3.8, 4) is 0 Å². The average Bonchev–Trinajstić information content (AvgIpc) is 3.48. The molecule has 8 nitrogen and oxygen atoms in total. The van der Waals surface area contributed by atoms with Gasteiger partial charge in [0.15, 0.2) is 0 Å². The molecule has 2 N–H and O–H groups in total. The molecule has 0 bridgehead atoms. The summed E-state index contributed by atoms with van der Waals surface area (Å²) >= 11 is 0. The van der Waals surface area contributed by atoms with Crippen molar-refractivity contribution in [3.63, 3.8) is 0 Å². The van der Waals surface area contributed by atoms with E-state index in [1.165, 1.54) is 79.5 Å². The second-order valence-corrected chi connectivity index (χ2v) is 19.3. The minimum atomic E-state index is -3.21. The number of carbonyl (C=O) groups excluding carboxylic acids is 1. The van der Waals surface area contributed by atoms with Gasteiger partial charge in [0.05, 0.1) is 18.7 Å². The molecule has 10 unspecified atom stereocenters. The number of amides is 1.